The standard InChI is InChI=1S/C17H23N3O2/c1-12(14-9-18-10-14)17(22)19-11-16(21)20-8-4-6-13-5-2-3-7-15(13)20/h2-3,5,7,12,14,18H,4,6,8-11H2,1H3,(H,19,22). The fourth-order valence-electron chi connectivity index (χ4n) is 3.09. The van der Waals surface area contributed by atoms with Gasteiger partial charge in [0, 0.05) is 18.2 Å². The zero-order chi connectivity index (χ0) is 15.5. The minimum absolute atomic E-state index is 0.0230. The minimum Gasteiger partial charge on any atom is -0.347 e. The van der Waals surface area contributed by atoms with E-state index in [9.17, 15) is 9.59 Å². The predicted molar refractivity (Wildman–Crippen MR) is 85.6 cm³/mol. The highest BCUT2D eigenvalue weighted by molar-refractivity contribution is 5.97. The Morgan fingerprint density at radius 3 is 2.86 bits per heavy atom. The van der Waals surface area contributed by atoms with Crippen molar-refractivity contribution in [3.8, 4) is 0 Å². The van der Waals surface area contributed by atoms with Crippen LogP contribution in [0.25, 0.3) is 0 Å². The Kier molecular flexibility index (Phi) is 4.43. The summed E-state index contributed by atoms with van der Waals surface area (Å²) in [5.74, 6) is 0.304. The van der Waals surface area contributed by atoms with Crippen molar-refractivity contribution in [3.63, 3.8) is 0 Å². The highest BCUT2D eigenvalue weighted by atomic mass is 16.2. The normalized spacial score (nSPS) is 19.0. The molecule has 3 rings (SSSR count). The van der Waals surface area contributed by atoms with Crippen LogP contribution >= 0.6 is 0 Å². The van der Waals surface area contributed by atoms with Crippen molar-refractivity contribution in [2.24, 2.45) is 11.8 Å². The van der Waals surface area contributed by atoms with Crippen molar-refractivity contribution >= 4 is 17.5 Å². The summed E-state index contributed by atoms with van der Waals surface area (Å²) < 4.78 is 0. The number of carbonyl (C=O) groups is 2. The van der Waals surface area contributed by atoms with E-state index in [4.69, 9.17) is 0 Å². The lowest BCUT2D eigenvalue weighted by molar-refractivity contribution is -0.129. The molecule has 2 heterocycles. The molecule has 2 amide bonds. The number of para-hydroxylation sites is 1. The number of hydrogen-bond donors (Lipinski definition) is 2. The van der Waals surface area contributed by atoms with Crippen molar-refractivity contribution < 1.29 is 9.59 Å². The molecule has 0 radical (unpaired) electrons. The second-order valence-corrected chi connectivity index (χ2v) is 6.20. The Hall–Kier alpha value is -1.88. The third-order valence-electron chi connectivity index (χ3n) is 4.76. The van der Waals surface area contributed by atoms with Gasteiger partial charge in [-0.2, -0.15) is 0 Å². The van der Waals surface area contributed by atoms with E-state index in [0.29, 0.717) is 5.92 Å². The van der Waals surface area contributed by atoms with Gasteiger partial charge in [0.25, 0.3) is 0 Å². The van der Waals surface area contributed by atoms with E-state index in [1.54, 1.807) is 4.90 Å². The summed E-state index contributed by atoms with van der Waals surface area (Å²) in [6.45, 7) is 4.52. The molecule has 0 bridgehead atoms. The van der Waals surface area contributed by atoms with Gasteiger partial charge in [-0.15, -0.1) is 0 Å². The smallest absolute Gasteiger partial charge is 0.246 e. The average Bonchev–Trinajstić information content (AvgIpc) is 2.50. The molecule has 118 valence electrons. The van der Waals surface area contributed by atoms with Crippen molar-refractivity contribution in [2.45, 2.75) is 19.8 Å². The maximum absolute atomic E-state index is 12.4. The first-order valence-corrected chi connectivity index (χ1v) is 8.03. The number of benzene rings is 1. The van der Waals surface area contributed by atoms with Gasteiger partial charge in [-0.25, -0.2) is 0 Å². The zero-order valence-electron chi connectivity index (χ0n) is 13.0. The summed E-state index contributed by atoms with van der Waals surface area (Å²) >= 11 is 0. The number of amides is 2. The third kappa shape index (κ3) is 2.99. The topological polar surface area (TPSA) is 61.4 Å². The second-order valence-electron chi connectivity index (χ2n) is 6.20. The summed E-state index contributed by atoms with van der Waals surface area (Å²) in [6, 6.07) is 8.01. The number of nitrogens with zero attached hydrogens (tertiary/aromatic N) is 1. The maximum atomic E-state index is 12.4. The van der Waals surface area contributed by atoms with Crippen LogP contribution in [0.3, 0.4) is 0 Å². The minimum atomic E-state index is -0.0392. The van der Waals surface area contributed by atoms with Crippen molar-refractivity contribution in [1.82, 2.24) is 10.6 Å². The van der Waals surface area contributed by atoms with Gasteiger partial charge in [0.05, 0.1) is 6.54 Å². The molecule has 5 heteroatoms. The van der Waals surface area contributed by atoms with Crippen LogP contribution in [0, 0.1) is 11.8 Å². The Morgan fingerprint density at radius 1 is 1.36 bits per heavy atom. The number of carbonyl (C=O) groups excluding carboxylic acids is 2. The SMILES string of the molecule is CC(C(=O)NCC(=O)N1CCCc2ccccc21)C1CNC1. The molecule has 2 aliphatic heterocycles. The lowest BCUT2D eigenvalue weighted by Gasteiger charge is -2.32. The van der Waals surface area contributed by atoms with E-state index in [-0.39, 0.29) is 24.3 Å². The van der Waals surface area contributed by atoms with Crippen molar-refractivity contribution in [3.05, 3.63) is 29.8 Å². The van der Waals surface area contributed by atoms with Gasteiger partial charge in [-0.3, -0.25) is 9.59 Å². The van der Waals surface area contributed by atoms with Crippen LogP contribution in [0.2, 0.25) is 0 Å². The molecule has 2 N–H and O–H groups in total. The summed E-state index contributed by atoms with van der Waals surface area (Å²) in [7, 11) is 0. The molecule has 1 atom stereocenters. The first-order chi connectivity index (χ1) is 10.7. The van der Waals surface area contributed by atoms with Crippen LogP contribution in [0.1, 0.15) is 18.9 Å². The maximum Gasteiger partial charge on any atom is 0.246 e. The van der Waals surface area contributed by atoms with Crippen molar-refractivity contribution in [2.75, 3.05) is 31.1 Å². The number of rotatable bonds is 4. The van der Waals surface area contributed by atoms with E-state index < -0.39 is 0 Å². The van der Waals surface area contributed by atoms with E-state index >= 15 is 0 Å². The van der Waals surface area contributed by atoms with Gasteiger partial charge in [-0.05, 0) is 43.5 Å². The zero-order valence-corrected chi connectivity index (χ0v) is 13.0. The Bertz CT molecular complexity index is 569. The van der Waals surface area contributed by atoms with Crippen LogP contribution in [0.5, 0.6) is 0 Å². The number of anilines is 1. The fraction of sp³-hybridized carbons (Fsp3) is 0.529. The van der Waals surface area contributed by atoms with E-state index in [1.165, 1.54) is 5.56 Å². The molecule has 5 nitrogen and oxygen atoms in total. The third-order valence-corrected chi connectivity index (χ3v) is 4.76. The molecule has 22 heavy (non-hydrogen) atoms. The van der Waals surface area contributed by atoms with Crippen LogP contribution in [-0.4, -0.2) is 38.0 Å². The number of fused-ring (bicyclic) bond motifs is 1. The lowest BCUT2D eigenvalue weighted by atomic mass is 9.88. The summed E-state index contributed by atoms with van der Waals surface area (Å²) in [5, 5.41) is 5.97. The fourth-order valence-corrected chi connectivity index (χ4v) is 3.09. The van der Waals surface area contributed by atoms with Crippen LogP contribution in [0.4, 0.5) is 5.69 Å². The van der Waals surface area contributed by atoms with Crippen LogP contribution < -0.4 is 15.5 Å². The van der Waals surface area contributed by atoms with E-state index in [2.05, 4.69) is 16.7 Å². The molecule has 0 aliphatic carbocycles. The molecule has 0 aromatic heterocycles. The van der Waals surface area contributed by atoms with Crippen LogP contribution in [0.15, 0.2) is 24.3 Å². The van der Waals surface area contributed by atoms with Crippen molar-refractivity contribution in [1.29, 1.82) is 0 Å². The van der Waals surface area contributed by atoms with Gasteiger partial charge in [0.15, 0.2) is 0 Å². The molecule has 2 aliphatic rings. The lowest BCUT2D eigenvalue weighted by Crippen LogP contribution is -2.51. The molecular formula is C17H23N3O2. The first-order valence-electron chi connectivity index (χ1n) is 8.03. The molecule has 1 fully saturated rings. The Labute approximate surface area is 131 Å². The summed E-state index contributed by atoms with van der Waals surface area (Å²) in [6.07, 6.45) is 1.98. The molecule has 1 unspecified atom stereocenters. The Morgan fingerprint density at radius 2 is 2.14 bits per heavy atom. The largest absolute Gasteiger partial charge is 0.347 e. The predicted octanol–water partition coefficient (Wildman–Crippen LogP) is 0.937. The average molecular weight is 301 g/mol. The van der Waals surface area contributed by atoms with Gasteiger partial charge in [0.2, 0.25) is 11.8 Å². The van der Waals surface area contributed by atoms with Crippen LogP contribution in [-0.2, 0) is 16.0 Å². The molecule has 0 spiro atoms. The molecule has 0 saturated carbocycles. The number of nitrogens with one attached hydrogen (secondary N) is 2. The van der Waals surface area contributed by atoms with E-state index in [0.717, 1.165) is 38.2 Å². The quantitative estimate of drug-likeness (QED) is 0.870. The summed E-state index contributed by atoms with van der Waals surface area (Å²) in [4.78, 5) is 26.3. The van der Waals surface area contributed by atoms with Gasteiger partial charge < -0.3 is 15.5 Å². The Balaban J connectivity index is 1.57. The monoisotopic (exact) mass is 301 g/mol. The highest BCUT2D eigenvalue weighted by Crippen LogP contribution is 2.26. The van der Waals surface area contributed by atoms with Gasteiger partial charge in [0.1, 0.15) is 0 Å². The number of aryl methyl sites for hydroxylation is 1. The first kappa shape index (κ1) is 15.0. The second kappa shape index (κ2) is 6.48. The molecular weight excluding hydrogens is 278 g/mol. The molecule has 1 aromatic carbocycles. The number of hydrogen-bond acceptors (Lipinski definition) is 3. The van der Waals surface area contributed by atoms with E-state index in [1.807, 2.05) is 25.1 Å². The highest BCUT2D eigenvalue weighted by Gasteiger charge is 2.29. The van der Waals surface area contributed by atoms with Gasteiger partial charge in [-0.1, -0.05) is 25.1 Å². The molecule has 1 saturated heterocycles. The summed E-state index contributed by atoms with van der Waals surface area (Å²) in [5.41, 5.74) is 2.20. The van der Waals surface area contributed by atoms with Gasteiger partial charge >= 0.3 is 0 Å². The molecule has 1 aromatic rings.